The maximum absolute atomic E-state index is 6.09. The Bertz CT molecular complexity index is 365. The van der Waals surface area contributed by atoms with Crippen LogP contribution in [-0.2, 0) is 0 Å². The molecular weight excluding hydrogens is 335 g/mol. The lowest BCUT2D eigenvalue weighted by atomic mass is 10.0. The minimum absolute atomic E-state index is 0. The van der Waals surface area contributed by atoms with Crippen molar-refractivity contribution in [3.05, 3.63) is 21.3 Å². The number of piperazine rings is 1. The first-order chi connectivity index (χ1) is 8.66. The second kappa shape index (κ2) is 10.3. The zero-order chi connectivity index (χ0) is 13.0. The van der Waals surface area contributed by atoms with Crippen LogP contribution in [0.4, 0.5) is 0 Å². The Morgan fingerprint density at radius 2 is 1.85 bits per heavy atom. The fraction of sp³-hybridized carbons (Fsp3) is 0.714. The standard InChI is InChI=1S/C14H23ClN2S.2ClH/c1-11(2)3-4-12(13-5-6-14(15)18-13)17-9-7-16-8-10-17;;/h5-6,11-12,16H,3-4,7-10H2,1-2H3;2*1H/t12-;;/m1../s1. The van der Waals surface area contributed by atoms with Gasteiger partial charge in [-0.1, -0.05) is 25.4 Å². The predicted molar refractivity (Wildman–Crippen MR) is 95.1 cm³/mol. The van der Waals surface area contributed by atoms with Gasteiger partial charge in [-0.25, -0.2) is 0 Å². The molecule has 0 aliphatic carbocycles. The van der Waals surface area contributed by atoms with Crippen LogP contribution in [0.3, 0.4) is 0 Å². The zero-order valence-corrected chi connectivity index (χ0v) is 15.3. The molecule has 0 amide bonds. The van der Waals surface area contributed by atoms with Crippen LogP contribution in [0.1, 0.15) is 37.6 Å². The number of thiophene rings is 1. The lowest BCUT2D eigenvalue weighted by molar-refractivity contribution is 0.162. The van der Waals surface area contributed by atoms with Gasteiger partial charge >= 0.3 is 0 Å². The molecule has 1 aliphatic rings. The third kappa shape index (κ3) is 6.08. The van der Waals surface area contributed by atoms with Gasteiger partial charge in [0.15, 0.2) is 0 Å². The molecule has 6 heteroatoms. The topological polar surface area (TPSA) is 15.3 Å². The zero-order valence-electron chi connectivity index (χ0n) is 12.1. The number of nitrogens with one attached hydrogen (secondary N) is 1. The van der Waals surface area contributed by atoms with Gasteiger partial charge in [-0.2, -0.15) is 0 Å². The van der Waals surface area contributed by atoms with E-state index < -0.39 is 0 Å². The SMILES string of the molecule is CC(C)CC[C@H](c1ccc(Cl)s1)N1CCNCC1.Cl.Cl. The van der Waals surface area contributed by atoms with Crippen LogP contribution >= 0.6 is 47.8 Å². The maximum Gasteiger partial charge on any atom is 0.0931 e. The molecule has 20 heavy (non-hydrogen) atoms. The van der Waals surface area contributed by atoms with Crippen molar-refractivity contribution in [1.82, 2.24) is 10.2 Å². The minimum Gasteiger partial charge on any atom is -0.314 e. The van der Waals surface area contributed by atoms with Gasteiger partial charge in [-0.3, -0.25) is 4.90 Å². The molecular formula is C14H25Cl3N2S. The summed E-state index contributed by atoms with van der Waals surface area (Å²) in [6.07, 6.45) is 2.53. The summed E-state index contributed by atoms with van der Waals surface area (Å²) < 4.78 is 0.912. The van der Waals surface area contributed by atoms with Crippen LogP contribution in [0.2, 0.25) is 4.34 Å². The summed E-state index contributed by atoms with van der Waals surface area (Å²) in [5, 5.41) is 3.43. The van der Waals surface area contributed by atoms with Gasteiger partial charge < -0.3 is 5.32 Å². The van der Waals surface area contributed by atoms with E-state index in [1.807, 2.05) is 6.07 Å². The van der Waals surface area contributed by atoms with E-state index >= 15 is 0 Å². The predicted octanol–water partition coefficient (Wildman–Crippen LogP) is 4.63. The number of nitrogens with zero attached hydrogens (tertiary/aromatic N) is 1. The van der Waals surface area contributed by atoms with Crippen LogP contribution in [0.25, 0.3) is 0 Å². The molecule has 0 bridgehead atoms. The molecule has 2 nitrogen and oxygen atoms in total. The molecule has 0 saturated carbocycles. The van der Waals surface area contributed by atoms with Crippen molar-refractivity contribution in [3.63, 3.8) is 0 Å². The minimum atomic E-state index is 0. The number of hydrogen-bond acceptors (Lipinski definition) is 3. The van der Waals surface area contributed by atoms with Gasteiger partial charge in [0.2, 0.25) is 0 Å². The summed E-state index contributed by atoms with van der Waals surface area (Å²) in [5.41, 5.74) is 0. The van der Waals surface area contributed by atoms with E-state index in [9.17, 15) is 0 Å². The Labute approximate surface area is 144 Å². The second-order valence-electron chi connectivity index (χ2n) is 5.41. The summed E-state index contributed by atoms with van der Waals surface area (Å²) in [6.45, 7) is 9.12. The Morgan fingerprint density at radius 1 is 1.20 bits per heavy atom. The summed E-state index contributed by atoms with van der Waals surface area (Å²) in [7, 11) is 0. The molecule has 1 aromatic heterocycles. The molecule has 1 fully saturated rings. The van der Waals surface area contributed by atoms with E-state index in [1.54, 1.807) is 11.3 Å². The molecule has 0 spiro atoms. The van der Waals surface area contributed by atoms with E-state index in [0.717, 1.165) is 36.4 Å². The second-order valence-corrected chi connectivity index (χ2v) is 7.16. The summed E-state index contributed by atoms with van der Waals surface area (Å²) in [6, 6.07) is 4.80. The fourth-order valence-electron chi connectivity index (χ4n) is 2.50. The van der Waals surface area contributed by atoms with Gasteiger partial charge in [0.1, 0.15) is 0 Å². The van der Waals surface area contributed by atoms with Crippen LogP contribution in [0.5, 0.6) is 0 Å². The highest BCUT2D eigenvalue weighted by molar-refractivity contribution is 7.16. The number of rotatable bonds is 5. The average molecular weight is 360 g/mol. The molecule has 1 saturated heterocycles. The summed E-state index contributed by atoms with van der Waals surface area (Å²) in [4.78, 5) is 4.05. The molecule has 118 valence electrons. The molecule has 0 aromatic carbocycles. The molecule has 2 rings (SSSR count). The van der Waals surface area contributed by atoms with E-state index in [-0.39, 0.29) is 24.8 Å². The lowest BCUT2D eigenvalue weighted by Gasteiger charge is -2.34. The summed E-state index contributed by atoms with van der Waals surface area (Å²) in [5.74, 6) is 0.769. The molecule has 1 N–H and O–H groups in total. The quantitative estimate of drug-likeness (QED) is 0.824. The highest BCUT2D eigenvalue weighted by Gasteiger charge is 2.23. The third-order valence-corrected chi connectivity index (χ3v) is 4.86. The Balaban J connectivity index is 0.00000180. The number of halogens is 3. The normalized spacial score (nSPS) is 17.4. The van der Waals surface area contributed by atoms with Gasteiger partial charge in [0, 0.05) is 37.1 Å². The van der Waals surface area contributed by atoms with Crippen molar-refractivity contribution >= 4 is 47.8 Å². The molecule has 1 aromatic rings. The first kappa shape index (κ1) is 20.5. The van der Waals surface area contributed by atoms with Crippen molar-refractivity contribution in [1.29, 1.82) is 0 Å². The first-order valence-electron chi connectivity index (χ1n) is 6.87. The van der Waals surface area contributed by atoms with Crippen LogP contribution in [-0.4, -0.2) is 31.1 Å². The lowest BCUT2D eigenvalue weighted by Crippen LogP contribution is -2.45. The highest BCUT2D eigenvalue weighted by atomic mass is 35.5. The average Bonchev–Trinajstić information content (AvgIpc) is 2.77. The number of hydrogen-bond donors (Lipinski definition) is 1. The van der Waals surface area contributed by atoms with Crippen molar-refractivity contribution < 1.29 is 0 Å². The van der Waals surface area contributed by atoms with Crippen LogP contribution in [0, 0.1) is 5.92 Å². The largest absolute Gasteiger partial charge is 0.314 e. The Kier molecular flexibility index (Phi) is 10.5. The maximum atomic E-state index is 6.09. The van der Waals surface area contributed by atoms with E-state index in [0.29, 0.717) is 6.04 Å². The van der Waals surface area contributed by atoms with Gasteiger partial charge in [-0.05, 0) is 30.9 Å². The fourth-order valence-corrected chi connectivity index (χ4v) is 3.73. The molecule has 1 atom stereocenters. The van der Waals surface area contributed by atoms with Crippen molar-refractivity contribution in [2.24, 2.45) is 5.92 Å². The molecule has 0 radical (unpaired) electrons. The molecule has 2 heterocycles. The van der Waals surface area contributed by atoms with Gasteiger partial charge in [-0.15, -0.1) is 36.2 Å². The van der Waals surface area contributed by atoms with Gasteiger partial charge in [0.05, 0.1) is 4.34 Å². The van der Waals surface area contributed by atoms with E-state index in [1.165, 1.54) is 17.7 Å². The Hall–Kier alpha value is 0.490. The van der Waals surface area contributed by atoms with Crippen molar-refractivity contribution in [3.8, 4) is 0 Å². The highest BCUT2D eigenvalue weighted by Crippen LogP contribution is 2.34. The van der Waals surface area contributed by atoms with Crippen molar-refractivity contribution in [2.75, 3.05) is 26.2 Å². The molecule has 1 aliphatic heterocycles. The monoisotopic (exact) mass is 358 g/mol. The van der Waals surface area contributed by atoms with E-state index in [2.05, 4.69) is 30.1 Å². The van der Waals surface area contributed by atoms with Crippen LogP contribution in [0.15, 0.2) is 12.1 Å². The first-order valence-corrected chi connectivity index (χ1v) is 8.06. The molecule has 0 unspecified atom stereocenters. The third-order valence-electron chi connectivity index (χ3n) is 3.53. The van der Waals surface area contributed by atoms with Crippen LogP contribution < -0.4 is 5.32 Å². The summed E-state index contributed by atoms with van der Waals surface area (Å²) >= 11 is 7.84. The van der Waals surface area contributed by atoms with E-state index in [4.69, 9.17) is 11.6 Å². The van der Waals surface area contributed by atoms with Gasteiger partial charge in [0.25, 0.3) is 0 Å². The smallest absolute Gasteiger partial charge is 0.0931 e. The van der Waals surface area contributed by atoms with Crippen molar-refractivity contribution in [2.45, 2.75) is 32.7 Å². The Morgan fingerprint density at radius 3 is 2.35 bits per heavy atom.